The summed E-state index contributed by atoms with van der Waals surface area (Å²) in [5, 5.41) is 5.57. The molecule has 17 heavy (non-hydrogen) atoms. The van der Waals surface area contributed by atoms with Gasteiger partial charge in [0.2, 0.25) is 0 Å². The van der Waals surface area contributed by atoms with Gasteiger partial charge < -0.3 is 16.0 Å². The molecule has 3 nitrogen and oxygen atoms in total. The molecule has 0 amide bonds. The standard InChI is InChI=1S/C13H19N3S/c14-7-4-8-15-13-6-1-2-9-16(13)11-12-5-3-10-17-12/h1-3,5-6,10,15H,4,7-9,11,14H2. The van der Waals surface area contributed by atoms with Crippen molar-refractivity contribution in [2.75, 3.05) is 19.6 Å². The second-order valence-corrected chi connectivity index (χ2v) is 5.04. The highest BCUT2D eigenvalue weighted by Crippen LogP contribution is 2.16. The topological polar surface area (TPSA) is 41.3 Å². The molecule has 92 valence electrons. The van der Waals surface area contributed by atoms with E-state index in [0.717, 1.165) is 32.6 Å². The number of thiophene rings is 1. The lowest BCUT2D eigenvalue weighted by Gasteiger charge is -2.28. The number of nitrogens with one attached hydrogen (secondary N) is 1. The number of nitrogens with zero attached hydrogens (tertiary/aromatic N) is 1. The van der Waals surface area contributed by atoms with Gasteiger partial charge in [-0.25, -0.2) is 0 Å². The van der Waals surface area contributed by atoms with Crippen molar-refractivity contribution in [1.29, 1.82) is 0 Å². The molecule has 1 aliphatic rings. The molecular weight excluding hydrogens is 230 g/mol. The molecular formula is C13H19N3S. The largest absolute Gasteiger partial charge is 0.372 e. The van der Waals surface area contributed by atoms with Crippen LogP contribution in [0.2, 0.25) is 0 Å². The minimum absolute atomic E-state index is 0.737. The van der Waals surface area contributed by atoms with Crippen molar-refractivity contribution in [1.82, 2.24) is 10.2 Å². The van der Waals surface area contributed by atoms with Gasteiger partial charge in [0.05, 0.1) is 6.54 Å². The van der Waals surface area contributed by atoms with Crippen LogP contribution in [0.1, 0.15) is 11.3 Å². The third-order valence-electron chi connectivity index (χ3n) is 2.67. The van der Waals surface area contributed by atoms with E-state index in [2.05, 4.69) is 46.0 Å². The van der Waals surface area contributed by atoms with Gasteiger partial charge in [-0.2, -0.15) is 0 Å². The zero-order valence-electron chi connectivity index (χ0n) is 9.93. The van der Waals surface area contributed by atoms with E-state index in [9.17, 15) is 0 Å². The second-order valence-electron chi connectivity index (χ2n) is 4.01. The van der Waals surface area contributed by atoms with Crippen LogP contribution in [0.15, 0.2) is 41.6 Å². The van der Waals surface area contributed by atoms with Gasteiger partial charge in [0.1, 0.15) is 5.82 Å². The molecule has 0 aromatic carbocycles. The lowest BCUT2D eigenvalue weighted by atomic mass is 10.3. The average molecular weight is 249 g/mol. The Hall–Kier alpha value is -1.26. The van der Waals surface area contributed by atoms with Crippen molar-refractivity contribution in [3.8, 4) is 0 Å². The molecule has 2 heterocycles. The quantitative estimate of drug-likeness (QED) is 0.757. The predicted molar refractivity (Wildman–Crippen MR) is 73.6 cm³/mol. The third-order valence-corrected chi connectivity index (χ3v) is 3.53. The molecule has 0 unspecified atom stereocenters. The monoisotopic (exact) mass is 249 g/mol. The van der Waals surface area contributed by atoms with Crippen LogP contribution in [-0.2, 0) is 6.54 Å². The molecule has 0 spiro atoms. The maximum Gasteiger partial charge on any atom is 0.102 e. The number of hydrogen-bond donors (Lipinski definition) is 2. The van der Waals surface area contributed by atoms with Gasteiger partial charge >= 0.3 is 0 Å². The lowest BCUT2D eigenvalue weighted by Crippen LogP contribution is -2.33. The maximum absolute atomic E-state index is 5.50. The summed E-state index contributed by atoms with van der Waals surface area (Å²) < 4.78 is 0. The lowest BCUT2D eigenvalue weighted by molar-refractivity contribution is 0.342. The van der Waals surface area contributed by atoms with Crippen LogP contribution < -0.4 is 11.1 Å². The van der Waals surface area contributed by atoms with E-state index in [0.29, 0.717) is 0 Å². The molecule has 2 rings (SSSR count). The van der Waals surface area contributed by atoms with Gasteiger partial charge in [-0.3, -0.25) is 0 Å². The summed E-state index contributed by atoms with van der Waals surface area (Å²) in [5.74, 6) is 1.20. The molecule has 0 aliphatic carbocycles. The molecule has 0 radical (unpaired) electrons. The van der Waals surface area contributed by atoms with E-state index in [1.807, 2.05) is 0 Å². The Morgan fingerprint density at radius 2 is 2.41 bits per heavy atom. The first-order chi connectivity index (χ1) is 8.40. The zero-order valence-corrected chi connectivity index (χ0v) is 10.7. The van der Waals surface area contributed by atoms with Crippen LogP contribution in [0.3, 0.4) is 0 Å². The summed E-state index contributed by atoms with van der Waals surface area (Å²) in [6.45, 7) is 3.63. The molecule has 0 bridgehead atoms. The molecule has 1 aromatic rings. The van der Waals surface area contributed by atoms with Crippen LogP contribution in [0.5, 0.6) is 0 Å². The van der Waals surface area contributed by atoms with Crippen molar-refractivity contribution in [2.24, 2.45) is 5.73 Å². The van der Waals surface area contributed by atoms with Crippen LogP contribution in [0.4, 0.5) is 0 Å². The number of rotatable bonds is 6. The molecule has 3 N–H and O–H groups in total. The van der Waals surface area contributed by atoms with Gasteiger partial charge in [0.15, 0.2) is 0 Å². The number of nitrogens with two attached hydrogens (primary N) is 1. The predicted octanol–water partition coefficient (Wildman–Crippen LogP) is 1.90. The highest BCUT2D eigenvalue weighted by Gasteiger charge is 2.10. The summed E-state index contributed by atoms with van der Waals surface area (Å²) in [6.07, 6.45) is 7.43. The van der Waals surface area contributed by atoms with Gasteiger partial charge in [0.25, 0.3) is 0 Å². The number of allylic oxidation sites excluding steroid dienone is 2. The van der Waals surface area contributed by atoms with E-state index >= 15 is 0 Å². The molecule has 1 aromatic heterocycles. The van der Waals surface area contributed by atoms with Crippen molar-refractivity contribution in [3.05, 3.63) is 46.4 Å². The minimum atomic E-state index is 0.737. The summed E-state index contributed by atoms with van der Waals surface area (Å²) in [6, 6.07) is 4.28. The Balaban J connectivity index is 1.91. The average Bonchev–Trinajstić information content (AvgIpc) is 2.84. The summed E-state index contributed by atoms with van der Waals surface area (Å²) in [4.78, 5) is 3.74. The Kier molecular flexibility index (Phi) is 4.64. The molecule has 1 aliphatic heterocycles. The SMILES string of the molecule is NCCCNC1=CC=CCN1Cc1cccs1. The smallest absolute Gasteiger partial charge is 0.102 e. The van der Waals surface area contributed by atoms with E-state index < -0.39 is 0 Å². The van der Waals surface area contributed by atoms with Gasteiger partial charge in [-0.15, -0.1) is 11.3 Å². The van der Waals surface area contributed by atoms with Gasteiger partial charge in [0, 0.05) is 18.0 Å². The first-order valence-electron chi connectivity index (χ1n) is 5.98. The van der Waals surface area contributed by atoms with Crippen molar-refractivity contribution in [3.63, 3.8) is 0 Å². The van der Waals surface area contributed by atoms with Crippen LogP contribution in [-0.4, -0.2) is 24.5 Å². The van der Waals surface area contributed by atoms with Gasteiger partial charge in [-0.1, -0.05) is 18.2 Å². The number of hydrogen-bond acceptors (Lipinski definition) is 4. The van der Waals surface area contributed by atoms with Crippen LogP contribution >= 0.6 is 11.3 Å². The Bertz CT molecular complexity index is 381. The second kappa shape index (κ2) is 6.47. The van der Waals surface area contributed by atoms with E-state index in [-0.39, 0.29) is 0 Å². The summed E-state index contributed by atoms with van der Waals surface area (Å²) in [7, 11) is 0. The zero-order chi connectivity index (χ0) is 11.9. The molecule has 0 atom stereocenters. The maximum atomic E-state index is 5.50. The summed E-state index contributed by atoms with van der Waals surface area (Å²) >= 11 is 1.81. The fourth-order valence-electron chi connectivity index (χ4n) is 1.78. The first kappa shape index (κ1) is 12.2. The van der Waals surface area contributed by atoms with Crippen molar-refractivity contribution in [2.45, 2.75) is 13.0 Å². The molecule has 0 saturated heterocycles. The Morgan fingerprint density at radius 3 is 3.18 bits per heavy atom. The minimum Gasteiger partial charge on any atom is -0.372 e. The van der Waals surface area contributed by atoms with Gasteiger partial charge in [-0.05, 0) is 30.5 Å². The van der Waals surface area contributed by atoms with E-state index in [1.165, 1.54) is 10.7 Å². The van der Waals surface area contributed by atoms with Crippen molar-refractivity contribution >= 4 is 11.3 Å². The van der Waals surface area contributed by atoms with Crippen LogP contribution in [0, 0.1) is 0 Å². The molecule has 0 fully saturated rings. The third kappa shape index (κ3) is 3.61. The highest BCUT2D eigenvalue weighted by molar-refractivity contribution is 7.09. The molecule has 0 saturated carbocycles. The normalized spacial score (nSPS) is 14.9. The fourth-order valence-corrected chi connectivity index (χ4v) is 2.50. The summed E-state index contributed by atoms with van der Waals surface area (Å²) in [5.41, 5.74) is 5.50. The highest BCUT2D eigenvalue weighted by atomic mass is 32.1. The van der Waals surface area contributed by atoms with Crippen LogP contribution in [0.25, 0.3) is 0 Å². The van der Waals surface area contributed by atoms with Crippen molar-refractivity contribution < 1.29 is 0 Å². The van der Waals surface area contributed by atoms with E-state index in [1.54, 1.807) is 11.3 Å². The Labute approximate surface area is 107 Å². The molecule has 4 heteroatoms. The Morgan fingerprint density at radius 1 is 1.47 bits per heavy atom. The van der Waals surface area contributed by atoms with E-state index in [4.69, 9.17) is 5.73 Å². The fraction of sp³-hybridized carbons (Fsp3) is 0.385. The first-order valence-corrected chi connectivity index (χ1v) is 6.86.